The molecule has 0 radical (unpaired) electrons. The molecular formula is C15H31N3O. The van der Waals surface area contributed by atoms with Gasteiger partial charge in [-0.2, -0.15) is 0 Å². The Balaban J connectivity index is 1.96. The SMILES string of the molecule is CCOC1CC(N)(CN2CCN(C)CC2C)C1(C)C. The Morgan fingerprint density at radius 1 is 1.32 bits per heavy atom. The van der Waals surface area contributed by atoms with Crippen LogP contribution in [0.3, 0.4) is 0 Å². The lowest BCUT2D eigenvalue weighted by atomic mass is 9.54. The van der Waals surface area contributed by atoms with Crippen LogP contribution >= 0.6 is 0 Å². The van der Waals surface area contributed by atoms with Crippen LogP contribution in [0.2, 0.25) is 0 Å². The van der Waals surface area contributed by atoms with Gasteiger partial charge in [-0.3, -0.25) is 4.90 Å². The highest BCUT2D eigenvalue weighted by molar-refractivity contribution is 5.15. The van der Waals surface area contributed by atoms with Crippen molar-refractivity contribution in [1.82, 2.24) is 9.80 Å². The van der Waals surface area contributed by atoms with Gasteiger partial charge in [-0.1, -0.05) is 13.8 Å². The van der Waals surface area contributed by atoms with Crippen LogP contribution in [0.25, 0.3) is 0 Å². The van der Waals surface area contributed by atoms with Crippen LogP contribution in [-0.4, -0.2) is 67.3 Å². The first-order valence-electron chi connectivity index (χ1n) is 7.63. The Morgan fingerprint density at radius 2 is 2.00 bits per heavy atom. The molecule has 1 aliphatic carbocycles. The minimum absolute atomic E-state index is 0.0755. The first-order chi connectivity index (χ1) is 8.80. The van der Waals surface area contributed by atoms with Gasteiger partial charge in [0.1, 0.15) is 0 Å². The summed E-state index contributed by atoms with van der Waals surface area (Å²) in [4.78, 5) is 4.96. The molecule has 1 heterocycles. The zero-order valence-corrected chi connectivity index (χ0v) is 13.3. The van der Waals surface area contributed by atoms with Gasteiger partial charge in [0, 0.05) is 49.8 Å². The Hall–Kier alpha value is -0.160. The largest absolute Gasteiger partial charge is 0.378 e. The van der Waals surface area contributed by atoms with E-state index in [0.717, 1.165) is 39.2 Å². The number of piperazine rings is 1. The number of nitrogens with zero attached hydrogens (tertiary/aromatic N) is 2. The van der Waals surface area contributed by atoms with Crippen molar-refractivity contribution in [2.24, 2.45) is 11.1 Å². The maximum Gasteiger partial charge on any atom is 0.0662 e. The summed E-state index contributed by atoms with van der Waals surface area (Å²) < 4.78 is 5.81. The third-order valence-electron chi connectivity index (χ3n) is 5.46. The van der Waals surface area contributed by atoms with Crippen molar-refractivity contribution in [2.75, 3.05) is 39.8 Å². The van der Waals surface area contributed by atoms with Crippen molar-refractivity contribution >= 4 is 0 Å². The molecule has 2 N–H and O–H groups in total. The predicted octanol–water partition coefficient (Wildman–Crippen LogP) is 1.15. The minimum atomic E-state index is -0.100. The molecule has 0 aromatic carbocycles. The zero-order chi connectivity index (χ0) is 14.3. The molecule has 2 fully saturated rings. The highest BCUT2D eigenvalue weighted by Crippen LogP contribution is 2.50. The van der Waals surface area contributed by atoms with Crippen molar-refractivity contribution in [2.45, 2.75) is 51.8 Å². The number of rotatable bonds is 4. The van der Waals surface area contributed by atoms with E-state index in [0.29, 0.717) is 12.1 Å². The molecule has 0 aromatic heterocycles. The summed E-state index contributed by atoms with van der Waals surface area (Å²) in [5.41, 5.74) is 6.67. The number of ether oxygens (including phenoxy) is 1. The molecular weight excluding hydrogens is 238 g/mol. The number of nitrogens with two attached hydrogens (primary N) is 1. The molecule has 4 heteroatoms. The van der Waals surface area contributed by atoms with E-state index in [1.807, 2.05) is 0 Å². The monoisotopic (exact) mass is 269 g/mol. The van der Waals surface area contributed by atoms with Gasteiger partial charge in [-0.25, -0.2) is 0 Å². The molecule has 112 valence electrons. The van der Waals surface area contributed by atoms with E-state index in [4.69, 9.17) is 10.5 Å². The Bertz CT molecular complexity index is 321. The lowest BCUT2D eigenvalue weighted by Gasteiger charge is -2.61. The maximum atomic E-state index is 6.69. The second kappa shape index (κ2) is 5.32. The van der Waals surface area contributed by atoms with Gasteiger partial charge < -0.3 is 15.4 Å². The molecule has 3 unspecified atom stereocenters. The molecule has 3 atom stereocenters. The van der Waals surface area contributed by atoms with Gasteiger partial charge in [-0.15, -0.1) is 0 Å². The topological polar surface area (TPSA) is 41.7 Å². The van der Waals surface area contributed by atoms with E-state index in [2.05, 4.69) is 44.5 Å². The first-order valence-corrected chi connectivity index (χ1v) is 7.63. The van der Waals surface area contributed by atoms with Gasteiger partial charge >= 0.3 is 0 Å². The van der Waals surface area contributed by atoms with E-state index in [9.17, 15) is 0 Å². The van der Waals surface area contributed by atoms with Crippen LogP contribution < -0.4 is 5.73 Å². The third kappa shape index (κ3) is 2.68. The summed E-state index contributed by atoms with van der Waals surface area (Å²) >= 11 is 0. The van der Waals surface area contributed by atoms with Crippen LogP contribution in [0.4, 0.5) is 0 Å². The third-order valence-corrected chi connectivity index (χ3v) is 5.46. The average Bonchev–Trinajstić information content (AvgIpc) is 2.32. The molecule has 2 rings (SSSR count). The molecule has 19 heavy (non-hydrogen) atoms. The number of hydrogen-bond donors (Lipinski definition) is 1. The van der Waals surface area contributed by atoms with Crippen LogP contribution in [-0.2, 0) is 4.74 Å². The number of likely N-dealkylation sites (N-methyl/N-ethyl adjacent to an activating group) is 1. The van der Waals surface area contributed by atoms with Gasteiger partial charge in [-0.05, 0) is 27.3 Å². The normalized spacial score (nSPS) is 40.1. The quantitative estimate of drug-likeness (QED) is 0.831. The van der Waals surface area contributed by atoms with E-state index in [1.165, 1.54) is 0 Å². The summed E-state index contributed by atoms with van der Waals surface area (Å²) in [5.74, 6) is 0. The standard InChI is InChI=1S/C15H31N3O/c1-6-19-13-9-15(16,14(13,3)4)11-18-8-7-17(5)10-12(18)2/h12-13H,6-11,16H2,1-5H3. The molecule has 1 saturated carbocycles. The van der Waals surface area contributed by atoms with Crippen LogP contribution in [0, 0.1) is 5.41 Å². The fraction of sp³-hybridized carbons (Fsp3) is 1.00. The molecule has 1 saturated heterocycles. The molecule has 1 aliphatic heterocycles. The van der Waals surface area contributed by atoms with Gasteiger partial charge in [0.15, 0.2) is 0 Å². The van der Waals surface area contributed by atoms with E-state index in [1.54, 1.807) is 0 Å². The van der Waals surface area contributed by atoms with E-state index >= 15 is 0 Å². The molecule has 0 aromatic rings. The Morgan fingerprint density at radius 3 is 2.53 bits per heavy atom. The maximum absolute atomic E-state index is 6.69. The first kappa shape index (κ1) is 15.2. The predicted molar refractivity (Wildman–Crippen MR) is 79.3 cm³/mol. The van der Waals surface area contributed by atoms with Crippen LogP contribution in [0.1, 0.15) is 34.1 Å². The second-order valence-corrected chi connectivity index (χ2v) is 7.11. The molecule has 0 spiro atoms. The highest BCUT2D eigenvalue weighted by Gasteiger charge is 2.59. The smallest absolute Gasteiger partial charge is 0.0662 e. The molecule has 0 amide bonds. The summed E-state index contributed by atoms with van der Waals surface area (Å²) in [7, 11) is 2.20. The minimum Gasteiger partial charge on any atom is -0.378 e. The fourth-order valence-corrected chi connectivity index (χ4v) is 3.55. The van der Waals surface area contributed by atoms with Crippen LogP contribution in [0.5, 0.6) is 0 Å². The number of hydrogen-bond acceptors (Lipinski definition) is 4. The van der Waals surface area contributed by atoms with Gasteiger partial charge in [0.25, 0.3) is 0 Å². The van der Waals surface area contributed by atoms with Crippen molar-refractivity contribution < 1.29 is 4.74 Å². The van der Waals surface area contributed by atoms with Crippen molar-refractivity contribution in [3.63, 3.8) is 0 Å². The van der Waals surface area contributed by atoms with Gasteiger partial charge in [0.05, 0.1) is 6.10 Å². The highest BCUT2D eigenvalue weighted by atomic mass is 16.5. The van der Waals surface area contributed by atoms with Crippen molar-refractivity contribution in [3.8, 4) is 0 Å². The average molecular weight is 269 g/mol. The summed E-state index contributed by atoms with van der Waals surface area (Å²) in [6, 6.07) is 0.598. The zero-order valence-electron chi connectivity index (χ0n) is 13.3. The van der Waals surface area contributed by atoms with E-state index < -0.39 is 0 Å². The lowest BCUT2D eigenvalue weighted by Crippen LogP contribution is -2.74. The van der Waals surface area contributed by atoms with Crippen molar-refractivity contribution in [1.29, 1.82) is 0 Å². The summed E-state index contributed by atoms with van der Waals surface area (Å²) in [5, 5.41) is 0. The fourth-order valence-electron chi connectivity index (χ4n) is 3.55. The molecule has 4 nitrogen and oxygen atoms in total. The van der Waals surface area contributed by atoms with E-state index in [-0.39, 0.29) is 11.0 Å². The second-order valence-electron chi connectivity index (χ2n) is 7.11. The Kier molecular flexibility index (Phi) is 4.26. The van der Waals surface area contributed by atoms with Crippen LogP contribution in [0.15, 0.2) is 0 Å². The van der Waals surface area contributed by atoms with Crippen molar-refractivity contribution in [3.05, 3.63) is 0 Å². The molecule has 2 aliphatic rings. The van der Waals surface area contributed by atoms with Gasteiger partial charge in [0.2, 0.25) is 0 Å². The Labute approximate surface area is 118 Å². The summed E-state index contributed by atoms with van der Waals surface area (Å²) in [6.07, 6.45) is 1.32. The lowest BCUT2D eigenvalue weighted by molar-refractivity contribution is -0.160. The molecule has 0 bridgehead atoms. The summed E-state index contributed by atoms with van der Waals surface area (Å²) in [6.45, 7) is 14.1.